The van der Waals surface area contributed by atoms with Crippen molar-refractivity contribution in [3.63, 3.8) is 0 Å². The molecule has 158 valence electrons. The summed E-state index contributed by atoms with van der Waals surface area (Å²) >= 11 is 0. The van der Waals surface area contributed by atoms with Crippen LogP contribution in [0.15, 0.2) is 41.2 Å². The monoisotopic (exact) mass is 424 g/mol. The number of rotatable bonds is 5. The molecular formula is C23H28N4O2S. The molecule has 4 rings (SSSR count). The number of hydrogen-bond donors (Lipinski definition) is 0. The first-order chi connectivity index (χ1) is 14.4. The third kappa shape index (κ3) is 4.95. The van der Waals surface area contributed by atoms with Gasteiger partial charge in [0, 0.05) is 45.8 Å². The van der Waals surface area contributed by atoms with Gasteiger partial charge < -0.3 is 4.74 Å². The number of aromatic nitrogens is 3. The topological polar surface area (TPSA) is 77.3 Å². The van der Waals surface area contributed by atoms with Gasteiger partial charge in [-0.15, -0.1) is 0 Å². The predicted octanol–water partition coefficient (Wildman–Crippen LogP) is 4.99. The lowest BCUT2D eigenvalue weighted by molar-refractivity contribution is 0.147. The first kappa shape index (κ1) is 20.7. The number of nitrogens with zero attached hydrogens (tertiary/aromatic N) is 4. The summed E-state index contributed by atoms with van der Waals surface area (Å²) in [7, 11) is -2.23. The first-order valence-electron chi connectivity index (χ1n) is 10.4. The Kier molecular flexibility index (Phi) is 5.99. The second kappa shape index (κ2) is 8.68. The van der Waals surface area contributed by atoms with Gasteiger partial charge in [0.05, 0.1) is 16.9 Å². The molecule has 2 aromatic heterocycles. The van der Waals surface area contributed by atoms with Crippen LogP contribution in [0.5, 0.6) is 5.88 Å². The zero-order chi connectivity index (χ0) is 21.1. The molecule has 1 aliphatic rings. The van der Waals surface area contributed by atoms with Crippen LogP contribution >= 0.6 is 0 Å². The molecule has 0 bridgehead atoms. The van der Waals surface area contributed by atoms with Crippen LogP contribution in [-0.4, -0.2) is 37.8 Å². The fourth-order valence-corrected chi connectivity index (χ4v) is 4.69. The smallest absolute Gasteiger partial charge is 0.217 e. The van der Waals surface area contributed by atoms with Crippen LogP contribution in [0.1, 0.15) is 48.9 Å². The molecule has 3 aromatic rings. The van der Waals surface area contributed by atoms with E-state index < -0.39 is 9.73 Å². The molecule has 0 saturated heterocycles. The summed E-state index contributed by atoms with van der Waals surface area (Å²) < 4.78 is 22.7. The summed E-state index contributed by atoms with van der Waals surface area (Å²) in [5, 5.41) is 1.00. The Morgan fingerprint density at radius 1 is 1.13 bits per heavy atom. The summed E-state index contributed by atoms with van der Waals surface area (Å²) in [6, 6.07) is 7.82. The molecular weight excluding hydrogens is 396 g/mol. The second-order valence-corrected chi connectivity index (χ2v) is 10.8. The van der Waals surface area contributed by atoms with Crippen LogP contribution in [0.2, 0.25) is 0 Å². The maximum Gasteiger partial charge on any atom is 0.217 e. The van der Waals surface area contributed by atoms with Crippen LogP contribution in [0.3, 0.4) is 0 Å². The van der Waals surface area contributed by atoms with Crippen LogP contribution in [-0.2, 0) is 16.1 Å². The Morgan fingerprint density at radius 2 is 1.93 bits per heavy atom. The van der Waals surface area contributed by atoms with Gasteiger partial charge in [-0.2, -0.15) is 4.36 Å². The molecule has 1 fully saturated rings. The highest BCUT2D eigenvalue weighted by atomic mass is 32.2. The number of ether oxygens (including phenoxy) is 1. The van der Waals surface area contributed by atoms with E-state index in [1.807, 2.05) is 25.1 Å². The first-order valence-corrected chi connectivity index (χ1v) is 12.7. The molecule has 0 aliphatic heterocycles. The summed E-state index contributed by atoms with van der Waals surface area (Å²) in [4.78, 5) is 13.5. The van der Waals surface area contributed by atoms with E-state index >= 15 is 0 Å². The molecule has 0 spiro atoms. The zero-order valence-electron chi connectivity index (χ0n) is 17.8. The minimum absolute atomic E-state index is 0.249. The zero-order valence-corrected chi connectivity index (χ0v) is 18.6. The number of aryl methyl sites for hydroxylation is 1. The minimum Gasteiger partial charge on any atom is -0.474 e. The van der Waals surface area contributed by atoms with E-state index in [1.165, 1.54) is 19.3 Å². The fraction of sp³-hybridized carbons (Fsp3) is 0.435. The van der Waals surface area contributed by atoms with Gasteiger partial charge in [-0.1, -0.05) is 12.5 Å². The standard InChI is InChI=1S/C23H28N4O2S/c1-16-12-18(27-30(2,3)28)14-21-22(16)20(25-15-26-21)13-17-8-7-11-24-23(17)29-19-9-5-4-6-10-19/h7-8,11-12,14-15,19H,4-6,9-10,13H2,1-3H3. The molecule has 7 heteroatoms. The van der Waals surface area contributed by atoms with E-state index in [0.29, 0.717) is 18.0 Å². The molecule has 0 radical (unpaired) electrons. The van der Waals surface area contributed by atoms with Crippen molar-refractivity contribution < 1.29 is 8.95 Å². The lowest BCUT2D eigenvalue weighted by Crippen LogP contribution is -2.21. The SMILES string of the molecule is Cc1cc(N=S(C)(C)=O)cc2ncnc(Cc3cccnc3OC3CCCCC3)c12. The lowest BCUT2D eigenvalue weighted by Gasteiger charge is -2.23. The Balaban J connectivity index is 1.69. The molecule has 2 heterocycles. The van der Waals surface area contributed by atoms with Gasteiger partial charge in [0.15, 0.2) is 0 Å². The molecule has 1 aliphatic carbocycles. The molecule has 1 saturated carbocycles. The predicted molar refractivity (Wildman–Crippen MR) is 121 cm³/mol. The highest BCUT2D eigenvalue weighted by molar-refractivity contribution is 7.92. The Hall–Kier alpha value is -2.54. The second-order valence-electron chi connectivity index (χ2n) is 8.27. The normalized spacial score (nSPS) is 15.3. The highest BCUT2D eigenvalue weighted by Crippen LogP contribution is 2.30. The highest BCUT2D eigenvalue weighted by Gasteiger charge is 2.18. The van der Waals surface area contributed by atoms with Crippen molar-refractivity contribution in [3.05, 3.63) is 53.6 Å². The third-order valence-electron chi connectivity index (χ3n) is 5.36. The van der Waals surface area contributed by atoms with Gasteiger partial charge in [-0.25, -0.2) is 19.2 Å². The third-order valence-corrected chi connectivity index (χ3v) is 6.01. The number of benzene rings is 1. The number of fused-ring (bicyclic) bond motifs is 1. The van der Waals surface area contributed by atoms with Crippen molar-refractivity contribution in [2.45, 2.75) is 51.6 Å². The van der Waals surface area contributed by atoms with E-state index in [2.05, 4.69) is 25.4 Å². The fourth-order valence-electron chi connectivity index (χ4n) is 4.08. The molecule has 0 atom stereocenters. The summed E-state index contributed by atoms with van der Waals surface area (Å²) in [5.41, 5.74) is 4.47. The minimum atomic E-state index is -2.23. The van der Waals surface area contributed by atoms with Gasteiger partial charge in [0.2, 0.25) is 5.88 Å². The van der Waals surface area contributed by atoms with E-state index in [1.54, 1.807) is 25.0 Å². The van der Waals surface area contributed by atoms with Gasteiger partial charge in [-0.05, 0) is 56.4 Å². The van der Waals surface area contributed by atoms with Crippen molar-refractivity contribution in [1.82, 2.24) is 15.0 Å². The van der Waals surface area contributed by atoms with Crippen LogP contribution < -0.4 is 4.74 Å². The van der Waals surface area contributed by atoms with Crippen LogP contribution in [0.25, 0.3) is 10.9 Å². The molecule has 30 heavy (non-hydrogen) atoms. The lowest BCUT2D eigenvalue weighted by atomic mass is 9.97. The van der Waals surface area contributed by atoms with Gasteiger partial charge in [-0.3, -0.25) is 0 Å². The van der Waals surface area contributed by atoms with E-state index in [4.69, 9.17) is 4.74 Å². The van der Waals surface area contributed by atoms with Crippen molar-refractivity contribution in [1.29, 1.82) is 0 Å². The summed E-state index contributed by atoms with van der Waals surface area (Å²) in [5.74, 6) is 0.706. The Morgan fingerprint density at radius 3 is 2.70 bits per heavy atom. The van der Waals surface area contributed by atoms with Crippen molar-refractivity contribution in [2.24, 2.45) is 4.36 Å². The van der Waals surface area contributed by atoms with Crippen molar-refractivity contribution >= 4 is 26.3 Å². The van der Waals surface area contributed by atoms with E-state index in [0.717, 1.165) is 40.6 Å². The van der Waals surface area contributed by atoms with Crippen LogP contribution in [0, 0.1) is 6.92 Å². The molecule has 6 nitrogen and oxygen atoms in total. The van der Waals surface area contributed by atoms with Gasteiger partial charge >= 0.3 is 0 Å². The Bertz CT molecular complexity index is 1170. The molecule has 1 aromatic carbocycles. The largest absolute Gasteiger partial charge is 0.474 e. The number of hydrogen-bond acceptors (Lipinski definition) is 6. The maximum atomic E-state index is 12.1. The number of pyridine rings is 1. The van der Waals surface area contributed by atoms with E-state index in [9.17, 15) is 4.21 Å². The average Bonchev–Trinajstić information content (AvgIpc) is 2.69. The molecule has 0 unspecified atom stereocenters. The average molecular weight is 425 g/mol. The van der Waals surface area contributed by atoms with Crippen LogP contribution in [0.4, 0.5) is 5.69 Å². The van der Waals surface area contributed by atoms with E-state index in [-0.39, 0.29) is 6.10 Å². The van der Waals surface area contributed by atoms with Gasteiger partial charge in [0.1, 0.15) is 12.4 Å². The Labute approximate surface area is 178 Å². The molecule has 0 N–H and O–H groups in total. The van der Waals surface area contributed by atoms with Gasteiger partial charge in [0.25, 0.3) is 0 Å². The van der Waals surface area contributed by atoms with Crippen molar-refractivity contribution in [3.8, 4) is 5.88 Å². The summed E-state index contributed by atoms with van der Waals surface area (Å²) in [6.07, 6.45) is 13.4. The van der Waals surface area contributed by atoms with Crippen molar-refractivity contribution in [2.75, 3.05) is 12.5 Å². The summed E-state index contributed by atoms with van der Waals surface area (Å²) in [6.45, 7) is 2.02. The maximum absolute atomic E-state index is 12.1. The molecule has 0 amide bonds. The quantitative estimate of drug-likeness (QED) is 0.576.